The van der Waals surface area contributed by atoms with Crippen LogP contribution >= 0.6 is 0 Å². The van der Waals surface area contributed by atoms with Gasteiger partial charge >= 0.3 is 0 Å². The van der Waals surface area contributed by atoms with Crippen molar-refractivity contribution in [3.05, 3.63) is 54.7 Å². The molecule has 3 rings (SSSR count). The van der Waals surface area contributed by atoms with Gasteiger partial charge in [0.25, 0.3) is 11.9 Å². The predicted octanol–water partition coefficient (Wildman–Crippen LogP) is 1.58. The lowest BCUT2D eigenvalue weighted by Crippen LogP contribution is -2.32. The molecule has 3 aromatic rings. The third kappa shape index (κ3) is 2.36. The van der Waals surface area contributed by atoms with Crippen LogP contribution in [0.4, 0.5) is 5.95 Å². The summed E-state index contributed by atoms with van der Waals surface area (Å²) in [5.41, 5.74) is 1.13. The number of anilines is 1. The van der Waals surface area contributed by atoms with Crippen LogP contribution in [-0.2, 0) is 0 Å². The highest BCUT2D eigenvalue weighted by molar-refractivity contribution is 6.12. The monoisotopic (exact) mass is 280 g/mol. The number of hydrogen-bond acceptors (Lipinski definition) is 5. The second-order valence-corrected chi connectivity index (χ2v) is 4.30. The Morgan fingerprint density at radius 2 is 2.19 bits per heavy atom. The number of carbonyl (C=O) groups is 1. The molecule has 7 nitrogen and oxygen atoms in total. The Bertz CT molecular complexity index is 778. The van der Waals surface area contributed by atoms with Crippen molar-refractivity contribution < 1.29 is 4.79 Å². The summed E-state index contributed by atoms with van der Waals surface area (Å²) in [6.45, 7) is 3.93. The second-order valence-electron chi connectivity index (χ2n) is 4.30. The van der Waals surface area contributed by atoms with Gasteiger partial charge in [-0.05, 0) is 17.3 Å². The number of fused-ring (bicyclic) bond motifs is 1. The zero-order valence-corrected chi connectivity index (χ0v) is 11.1. The number of rotatable bonds is 4. The molecule has 0 bridgehead atoms. The Kier molecular flexibility index (Phi) is 3.38. The number of nitrogens with zero attached hydrogens (tertiary/aromatic N) is 5. The molecule has 0 aliphatic heterocycles. The minimum absolute atomic E-state index is 0.202. The number of tetrazole rings is 1. The molecule has 0 saturated heterocycles. The number of para-hydroxylation sites is 1. The summed E-state index contributed by atoms with van der Waals surface area (Å²) in [5, 5.41) is 14.4. The Balaban J connectivity index is 2.08. The van der Waals surface area contributed by atoms with Crippen LogP contribution in [0.15, 0.2) is 49.2 Å². The van der Waals surface area contributed by atoms with Gasteiger partial charge in [0.15, 0.2) is 0 Å². The van der Waals surface area contributed by atoms with Gasteiger partial charge in [0.2, 0.25) is 0 Å². The van der Waals surface area contributed by atoms with Crippen LogP contribution in [0.1, 0.15) is 10.4 Å². The molecule has 0 radical (unpaired) electrons. The van der Waals surface area contributed by atoms with E-state index in [1.54, 1.807) is 18.3 Å². The molecule has 21 heavy (non-hydrogen) atoms. The van der Waals surface area contributed by atoms with Crippen molar-refractivity contribution >= 4 is 22.8 Å². The quantitative estimate of drug-likeness (QED) is 0.733. The van der Waals surface area contributed by atoms with Crippen LogP contribution in [0.2, 0.25) is 0 Å². The number of hydrogen-bond donors (Lipinski definition) is 1. The number of aromatic nitrogens is 5. The van der Waals surface area contributed by atoms with Gasteiger partial charge < -0.3 is 0 Å². The van der Waals surface area contributed by atoms with E-state index in [9.17, 15) is 4.79 Å². The van der Waals surface area contributed by atoms with Gasteiger partial charge in [-0.15, -0.1) is 11.7 Å². The van der Waals surface area contributed by atoms with E-state index in [4.69, 9.17) is 0 Å². The van der Waals surface area contributed by atoms with Crippen LogP contribution < -0.4 is 4.90 Å². The van der Waals surface area contributed by atoms with Gasteiger partial charge in [-0.1, -0.05) is 29.4 Å². The molecule has 1 N–H and O–H groups in total. The lowest BCUT2D eigenvalue weighted by atomic mass is 10.1. The van der Waals surface area contributed by atoms with Crippen LogP contribution in [0.25, 0.3) is 10.9 Å². The molecule has 0 fully saturated rings. The Morgan fingerprint density at radius 3 is 2.95 bits per heavy atom. The SMILES string of the molecule is C=CCN(C(=O)c1cccc2cccnc12)c1nn[nH]n1. The zero-order chi connectivity index (χ0) is 14.7. The fraction of sp³-hybridized carbons (Fsp3) is 0.0714. The average Bonchev–Trinajstić information content (AvgIpc) is 3.05. The smallest absolute Gasteiger partial charge is 0.270 e. The maximum Gasteiger partial charge on any atom is 0.272 e. The first-order chi connectivity index (χ1) is 10.3. The summed E-state index contributed by atoms with van der Waals surface area (Å²) >= 11 is 0. The first kappa shape index (κ1) is 12.9. The zero-order valence-electron chi connectivity index (χ0n) is 11.1. The summed E-state index contributed by atoms with van der Waals surface area (Å²) < 4.78 is 0. The molecule has 0 aliphatic carbocycles. The van der Waals surface area contributed by atoms with E-state index in [-0.39, 0.29) is 18.4 Å². The third-order valence-corrected chi connectivity index (χ3v) is 3.00. The molecule has 0 aliphatic rings. The lowest BCUT2D eigenvalue weighted by Gasteiger charge is -2.17. The fourth-order valence-electron chi connectivity index (χ4n) is 2.08. The summed E-state index contributed by atoms with van der Waals surface area (Å²) in [7, 11) is 0. The van der Waals surface area contributed by atoms with Crippen molar-refractivity contribution in [1.29, 1.82) is 0 Å². The van der Waals surface area contributed by atoms with Gasteiger partial charge in [-0.25, -0.2) is 0 Å². The number of pyridine rings is 1. The van der Waals surface area contributed by atoms with Crippen molar-refractivity contribution in [2.75, 3.05) is 11.4 Å². The third-order valence-electron chi connectivity index (χ3n) is 3.00. The highest BCUT2D eigenvalue weighted by atomic mass is 16.2. The molecule has 0 saturated carbocycles. The van der Waals surface area contributed by atoms with Gasteiger partial charge in [0.1, 0.15) is 0 Å². The minimum atomic E-state index is -0.249. The van der Waals surface area contributed by atoms with E-state index in [1.807, 2.05) is 24.3 Å². The van der Waals surface area contributed by atoms with E-state index >= 15 is 0 Å². The number of amides is 1. The van der Waals surface area contributed by atoms with Crippen LogP contribution in [0, 0.1) is 0 Å². The van der Waals surface area contributed by atoms with Gasteiger partial charge in [0, 0.05) is 18.1 Å². The van der Waals surface area contributed by atoms with Gasteiger partial charge in [-0.3, -0.25) is 14.7 Å². The topological polar surface area (TPSA) is 87.7 Å². The number of H-pyrrole nitrogens is 1. The molecule has 0 unspecified atom stereocenters. The Labute approximate surface area is 120 Å². The average molecular weight is 280 g/mol. The number of carbonyl (C=O) groups excluding carboxylic acids is 1. The molecule has 2 aromatic heterocycles. The van der Waals surface area contributed by atoms with E-state index in [0.717, 1.165) is 5.39 Å². The van der Waals surface area contributed by atoms with Crippen molar-refractivity contribution in [3.63, 3.8) is 0 Å². The number of aromatic amines is 1. The van der Waals surface area contributed by atoms with Crippen LogP contribution in [0.5, 0.6) is 0 Å². The first-order valence-corrected chi connectivity index (χ1v) is 6.31. The Hall–Kier alpha value is -3.09. The highest BCUT2D eigenvalue weighted by Crippen LogP contribution is 2.19. The molecule has 7 heteroatoms. The largest absolute Gasteiger partial charge is 0.272 e. The summed E-state index contributed by atoms with van der Waals surface area (Å²) in [5.74, 6) is -0.0477. The molecule has 1 amide bonds. The predicted molar refractivity (Wildman–Crippen MR) is 77.8 cm³/mol. The maximum absolute atomic E-state index is 12.8. The number of nitrogens with one attached hydrogen (secondary N) is 1. The standard InChI is InChI=1S/C14H12N6O/c1-2-9-20(14-16-18-19-17-14)13(21)11-7-3-5-10-6-4-8-15-12(10)11/h2-8H,1,9H2,(H,16,17,18,19). The molecular formula is C14H12N6O. The lowest BCUT2D eigenvalue weighted by molar-refractivity contribution is 0.0989. The van der Waals surface area contributed by atoms with Crippen molar-refractivity contribution in [2.45, 2.75) is 0 Å². The summed E-state index contributed by atoms with van der Waals surface area (Å²) in [4.78, 5) is 18.4. The molecule has 0 atom stereocenters. The van der Waals surface area contributed by atoms with E-state index in [0.29, 0.717) is 11.1 Å². The highest BCUT2D eigenvalue weighted by Gasteiger charge is 2.22. The normalized spacial score (nSPS) is 10.5. The van der Waals surface area contributed by atoms with E-state index in [1.165, 1.54) is 4.90 Å². The summed E-state index contributed by atoms with van der Waals surface area (Å²) in [6.07, 6.45) is 3.26. The fourth-order valence-corrected chi connectivity index (χ4v) is 2.08. The van der Waals surface area contributed by atoms with E-state index < -0.39 is 0 Å². The van der Waals surface area contributed by atoms with Crippen LogP contribution in [-0.4, -0.2) is 38.1 Å². The van der Waals surface area contributed by atoms with Gasteiger partial charge in [-0.2, -0.15) is 5.21 Å². The molecule has 2 heterocycles. The minimum Gasteiger partial charge on any atom is -0.270 e. The number of benzene rings is 1. The molecule has 1 aromatic carbocycles. The van der Waals surface area contributed by atoms with Gasteiger partial charge in [0.05, 0.1) is 11.1 Å². The Morgan fingerprint density at radius 1 is 1.33 bits per heavy atom. The second kappa shape index (κ2) is 5.49. The van der Waals surface area contributed by atoms with E-state index in [2.05, 4.69) is 32.2 Å². The summed E-state index contributed by atoms with van der Waals surface area (Å²) in [6, 6.07) is 9.20. The molecule has 0 spiro atoms. The van der Waals surface area contributed by atoms with Crippen molar-refractivity contribution in [1.82, 2.24) is 25.6 Å². The van der Waals surface area contributed by atoms with Crippen molar-refractivity contribution in [3.8, 4) is 0 Å². The molecular weight excluding hydrogens is 268 g/mol. The van der Waals surface area contributed by atoms with Crippen LogP contribution in [0.3, 0.4) is 0 Å². The maximum atomic E-state index is 12.8. The molecule has 104 valence electrons. The van der Waals surface area contributed by atoms with Crippen molar-refractivity contribution in [2.24, 2.45) is 0 Å². The first-order valence-electron chi connectivity index (χ1n) is 6.31.